The fourth-order valence-electron chi connectivity index (χ4n) is 1.97. The molecule has 20 heavy (non-hydrogen) atoms. The molecule has 2 unspecified atom stereocenters. The highest BCUT2D eigenvalue weighted by Crippen LogP contribution is 2.24. The van der Waals surface area contributed by atoms with Crippen molar-refractivity contribution in [3.8, 4) is 0 Å². The van der Waals surface area contributed by atoms with Gasteiger partial charge in [0.25, 0.3) is 5.97 Å². The maximum Gasteiger partial charge on any atom is 0.280 e. The highest BCUT2D eigenvalue weighted by atomic mass is 16.9. The lowest BCUT2D eigenvalue weighted by atomic mass is 9.93. The standard InChI is InChI=1S/C8H16O3.C6H12O3/c1-7-10-5-8(2,4-9-3)6-11-7;1-5-4-8-6(2,7-3)9-5/h7H,4-6H2,1-3H3;5H,4H2,1-3H3. The van der Waals surface area contributed by atoms with Crippen molar-refractivity contribution in [3.63, 3.8) is 0 Å². The first kappa shape index (κ1) is 17.8. The van der Waals surface area contributed by atoms with Gasteiger partial charge in [0, 0.05) is 26.6 Å². The lowest BCUT2D eigenvalue weighted by Gasteiger charge is -2.35. The molecule has 0 N–H and O–H groups in total. The summed E-state index contributed by atoms with van der Waals surface area (Å²) in [5.74, 6) is -0.792. The highest BCUT2D eigenvalue weighted by Gasteiger charge is 2.35. The normalized spacial score (nSPS) is 41.1. The lowest BCUT2D eigenvalue weighted by molar-refractivity contribution is -0.312. The summed E-state index contributed by atoms with van der Waals surface area (Å²) in [4.78, 5) is 0. The van der Waals surface area contributed by atoms with Crippen molar-refractivity contribution in [2.45, 2.75) is 46.1 Å². The summed E-state index contributed by atoms with van der Waals surface area (Å²) in [6.07, 6.45) is 0.0925. The highest BCUT2D eigenvalue weighted by molar-refractivity contribution is 4.75. The number of ether oxygens (including phenoxy) is 6. The molecule has 0 aromatic carbocycles. The largest absolute Gasteiger partial charge is 0.384 e. The molecule has 0 radical (unpaired) electrons. The Labute approximate surface area is 121 Å². The molecule has 0 spiro atoms. The third-order valence-corrected chi connectivity index (χ3v) is 3.19. The molecule has 2 rings (SSSR count). The number of hydrogen-bond donors (Lipinski definition) is 0. The molecular weight excluding hydrogens is 264 g/mol. The van der Waals surface area contributed by atoms with E-state index >= 15 is 0 Å². The van der Waals surface area contributed by atoms with E-state index < -0.39 is 5.97 Å². The molecule has 2 saturated heterocycles. The summed E-state index contributed by atoms with van der Waals surface area (Å²) < 4.78 is 31.1. The maximum atomic E-state index is 5.34. The van der Waals surface area contributed by atoms with E-state index in [0.29, 0.717) is 13.2 Å². The Morgan fingerprint density at radius 1 is 1.10 bits per heavy atom. The SMILES string of the molecule is COC1(C)OCC(C)O1.COCC1(C)COC(C)OC1. The van der Waals surface area contributed by atoms with Crippen LogP contribution in [0.1, 0.15) is 27.7 Å². The molecule has 0 aromatic rings. The molecule has 2 atom stereocenters. The van der Waals surface area contributed by atoms with E-state index in [1.807, 2.05) is 13.8 Å². The third kappa shape index (κ3) is 5.63. The van der Waals surface area contributed by atoms with E-state index in [1.54, 1.807) is 21.1 Å². The molecule has 0 saturated carbocycles. The minimum atomic E-state index is -0.792. The molecule has 6 heteroatoms. The fraction of sp³-hybridized carbons (Fsp3) is 1.00. The zero-order valence-electron chi connectivity index (χ0n) is 13.4. The van der Waals surface area contributed by atoms with Gasteiger partial charge in [-0.2, -0.15) is 0 Å². The van der Waals surface area contributed by atoms with Gasteiger partial charge in [-0.25, -0.2) is 0 Å². The number of rotatable bonds is 3. The summed E-state index contributed by atoms with van der Waals surface area (Å²) in [6, 6.07) is 0. The van der Waals surface area contributed by atoms with Crippen molar-refractivity contribution in [1.29, 1.82) is 0 Å². The Balaban J connectivity index is 0.000000204. The Morgan fingerprint density at radius 3 is 2.05 bits per heavy atom. The van der Waals surface area contributed by atoms with Crippen molar-refractivity contribution >= 4 is 0 Å². The van der Waals surface area contributed by atoms with Crippen molar-refractivity contribution < 1.29 is 28.4 Å². The van der Waals surface area contributed by atoms with Crippen molar-refractivity contribution in [2.24, 2.45) is 5.41 Å². The maximum absolute atomic E-state index is 5.34. The summed E-state index contributed by atoms with van der Waals surface area (Å²) in [6.45, 7) is 10.5. The summed E-state index contributed by atoms with van der Waals surface area (Å²) in [5.41, 5.74) is 0.0429. The predicted molar refractivity (Wildman–Crippen MR) is 73.3 cm³/mol. The summed E-state index contributed by atoms with van der Waals surface area (Å²) >= 11 is 0. The first-order valence-electron chi connectivity index (χ1n) is 6.91. The zero-order valence-corrected chi connectivity index (χ0v) is 13.4. The van der Waals surface area contributed by atoms with E-state index in [1.165, 1.54) is 0 Å². The van der Waals surface area contributed by atoms with Crippen LogP contribution < -0.4 is 0 Å². The molecule has 2 heterocycles. The summed E-state index contributed by atoms with van der Waals surface area (Å²) in [7, 11) is 3.27. The van der Waals surface area contributed by atoms with Gasteiger partial charge in [-0.05, 0) is 13.8 Å². The van der Waals surface area contributed by atoms with Gasteiger partial charge in [0.05, 0.1) is 32.5 Å². The van der Waals surface area contributed by atoms with E-state index in [2.05, 4.69) is 6.92 Å². The molecule has 0 bridgehead atoms. The third-order valence-electron chi connectivity index (χ3n) is 3.19. The summed E-state index contributed by atoms with van der Waals surface area (Å²) in [5, 5.41) is 0. The van der Waals surface area contributed by atoms with Gasteiger partial charge in [-0.1, -0.05) is 6.92 Å². The minimum absolute atomic E-state index is 0.0429. The van der Waals surface area contributed by atoms with Crippen LogP contribution in [0.3, 0.4) is 0 Å². The fourth-order valence-corrected chi connectivity index (χ4v) is 1.97. The van der Waals surface area contributed by atoms with Crippen LogP contribution in [0.4, 0.5) is 0 Å². The van der Waals surface area contributed by atoms with Crippen molar-refractivity contribution in [1.82, 2.24) is 0 Å². The van der Waals surface area contributed by atoms with E-state index in [-0.39, 0.29) is 17.8 Å². The van der Waals surface area contributed by atoms with Gasteiger partial charge >= 0.3 is 0 Å². The van der Waals surface area contributed by atoms with E-state index in [4.69, 9.17) is 28.4 Å². The predicted octanol–water partition coefficient (Wildman–Crippen LogP) is 1.77. The van der Waals surface area contributed by atoms with Crippen LogP contribution in [-0.2, 0) is 28.4 Å². The van der Waals surface area contributed by atoms with Crippen LogP contribution in [0.5, 0.6) is 0 Å². The Hall–Kier alpha value is -0.240. The second-order valence-electron chi connectivity index (χ2n) is 5.74. The second kappa shape index (κ2) is 7.68. The van der Waals surface area contributed by atoms with Crippen molar-refractivity contribution in [2.75, 3.05) is 40.6 Å². The average Bonchev–Trinajstić information content (AvgIpc) is 2.75. The van der Waals surface area contributed by atoms with Gasteiger partial charge in [0.2, 0.25) is 0 Å². The van der Waals surface area contributed by atoms with Crippen molar-refractivity contribution in [3.05, 3.63) is 0 Å². The van der Waals surface area contributed by atoms with Gasteiger partial charge in [0.1, 0.15) is 0 Å². The molecule has 120 valence electrons. The van der Waals surface area contributed by atoms with E-state index in [9.17, 15) is 0 Å². The average molecular weight is 292 g/mol. The molecule has 0 amide bonds. The van der Waals surface area contributed by atoms with Crippen LogP contribution in [-0.4, -0.2) is 59.0 Å². The first-order chi connectivity index (χ1) is 9.32. The quantitative estimate of drug-likeness (QED) is 0.790. The zero-order chi connectivity index (χ0) is 15.2. The molecular formula is C14H28O6. The molecule has 2 fully saturated rings. The smallest absolute Gasteiger partial charge is 0.280 e. The van der Waals surface area contributed by atoms with Crippen LogP contribution in [0.2, 0.25) is 0 Å². The second-order valence-corrected chi connectivity index (χ2v) is 5.74. The van der Waals surface area contributed by atoms with Crippen LogP contribution in [0.15, 0.2) is 0 Å². The van der Waals surface area contributed by atoms with Gasteiger partial charge < -0.3 is 28.4 Å². The molecule has 6 nitrogen and oxygen atoms in total. The monoisotopic (exact) mass is 292 g/mol. The Kier molecular flexibility index (Phi) is 6.84. The Bertz CT molecular complexity index is 277. The topological polar surface area (TPSA) is 55.4 Å². The minimum Gasteiger partial charge on any atom is -0.384 e. The lowest BCUT2D eigenvalue weighted by Crippen LogP contribution is -2.41. The molecule has 0 aliphatic carbocycles. The van der Waals surface area contributed by atoms with E-state index in [0.717, 1.165) is 13.2 Å². The van der Waals surface area contributed by atoms with Gasteiger partial charge in [-0.3, -0.25) is 0 Å². The van der Waals surface area contributed by atoms with Gasteiger partial charge in [0.15, 0.2) is 6.29 Å². The van der Waals surface area contributed by atoms with Crippen LogP contribution in [0.25, 0.3) is 0 Å². The molecule has 2 aliphatic heterocycles. The molecule has 0 aromatic heterocycles. The first-order valence-corrected chi connectivity index (χ1v) is 6.91. The molecule has 2 aliphatic rings. The van der Waals surface area contributed by atoms with Gasteiger partial charge in [-0.15, -0.1) is 0 Å². The Morgan fingerprint density at radius 2 is 1.70 bits per heavy atom. The van der Waals surface area contributed by atoms with Crippen LogP contribution >= 0.6 is 0 Å². The van der Waals surface area contributed by atoms with Crippen LogP contribution in [0, 0.1) is 5.41 Å². The number of methoxy groups -OCH3 is 2. The number of hydrogen-bond acceptors (Lipinski definition) is 6.